The number of anilines is 2. The molecule has 0 aliphatic heterocycles. The minimum absolute atomic E-state index is 0.260. The molecule has 27 heavy (non-hydrogen) atoms. The highest BCUT2D eigenvalue weighted by Crippen LogP contribution is 2.16. The van der Waals surface area contributed by atoms with Crippen molar-refractivity contribution in [2.24, 2.45) is 0 Å². The van der Waals surface area contributed by atoms with Crippen LogP contribution in [0.1, 0.15) is 28.4 Å². The highest BCUT2D eigenvalue weighted by atomic mass is 16.5. The number of hydrogen-bond donors (Lipinski definition) is 2. The van der Waals surface area contributed by atoms with E-state index in [1.54, 1.807) is 12.1 Å². The fourth-order valence-electron chi connectivity index (χ4n) is 2.54. The minimum atomic E-state index is -0.260. The lowest BCUT2D eigenvalue weighted by Gasteiger charge is -2.08. The van der Waals surface area contributed by atoms with Crippen molar-refractivity contribution in [1.29, 1.82) is 0 Å². The predicted molar refractivity (Wildman–Crippen MR) is 106 cm³/mol. The molecule has 2 N–H and O–H groups in total. The van der Waals surface area contributed by atoms with Crippen LogP contribution in [0.25, 0.3) is 0 Å². The summed E-state index contributed by atoms with van der Waals surface area (Å²) < 4.78 is 5.39. The maximum Gasteiger partial charge on any atom is 0.258 e. The van der Waals surface area contributed by atoms with E-state index in [1.165, 1.54) is 18.0 Å². The van der Waals surface area contributed by atoms with E-state index in [9.17, 15) is 4.79 Å². The van der Waals surface area contributed by atoms with E-state index in [1.807, 2.05) is 31.2 Å². The van der Waals surface area contributed by atoms with E-state index >= 15 is 0 Å². The van der Waals surface area contributed by atoms with Gasteiger partial charge in [0.05, 0.1) is 12.2 Å². The van der Waals surface area contributed by atoms with Crippen molar-refractivity contribution in [3.05, 3.63) is 77.6 Å². The van der Waals surface area contributed by atoms with Gasteiger partial charge in [0.1, 0.15) is 5.75 Å². The first-order valence-corrected chi connectivity index (χ1v) is 8.79. The van der Waals surface area contributed by atoms with Gasteiger partial charge in [0.25, 0.3) is 5.91 Å². The average molecular weight is 362 g/mol. The number of benzene rings is 2. The Bertz CT molecular complexity index is 893. The third kappa shape index (κ3) is 5.28. The quantitative estimate of drug-likeness (QED) is 0.663. The van der Waals surface area contributed by atoms with E-state index in [0.717, 1.165) is 11.3 Å². The fourth-order valence-corrected chi connectivity index (χ4v) is 2.54. The Morgan fingerprint density at radius 1 is 1.07 bits per heavy atom. The van der Waals surface area contributed by atoms with Crippen LogP contribution in [0.2, 0.25) is 0 Å². The summed E-state index contributed by atoms with van der Waals surface area (Å²) >= 11 is 0. The van der Waals surface area contributed by atoms with Gasteiger partial charge in [-0.2, -0.15) is 0 Å². The lowest BCUT2D eigenvalue weighted by molar-refractivity contribution is 0.102. The first-order chi connectivity index (χ1) is 13.1. The molecule has 1 aromatic heterocycles. The van der Waals surface area contributed by atoms with Crippen LogP contribution >= 0.6 is 0 Å². The average Bonchev–Trinajstić information content (AvgIpc) is 2.68. The lowest BCUT2D eigenvalue weighted by atomic mass is 10.1. The van der Waals surface area contributed by atoms with Crippen LogP contribution in [0.15, 0.2) is 60.9 Å². The number of ether oxygens (including phenoxy) is 1. The number of hydrogen-bond acceptors (Lipinski definition) is 5. The number of nitrogens with one attached hydrogen (secondary N) is 2. The molecule has 0 atom stereocenters. The van der Waals surface area contributed by atoms with Crippen molar-refractivity contribution in [3.8, 4) is 5.75 Å². The van der Waals surface area contributed by atoms with Crippen molar-refractivity contribution >= 4 is 17.5 Å². The zero-order valence-corrected chi connectivity index (χ0v) is 15.4. The van der Waals surface area contributed by atoms with Crippen molar-refractivity contribution in [2.45, 2.75) is 20.4 Å². The van der Waals surface area contributed by atoms with Crippen LogP contribution < -0.4 is 15.4 Å². The van der Waals surface area contributed by atoms with Gasteiger partial charge in [-0.3, -0.25) is 4.79 Å². The van der Waals surface area contributed by atoms with Gasteiger partial charge in [0, 0.05) is 24.6 Å². The van der Waals surface area contributed by atoms with Gasteiger partial charge in [0.2, 0.25) is 5.95 Å². The number of aromatic nitrogens is 2. The minimum Gasteiger partial charge on any atom is -0.494 e. The Labute approximate surface area is 158 Å². The largest absolute Gasteiger partial charge is 0.494 e. The van der Waals surface area contributed by atoms with E-state index in [0.29, 0.717) is 30.4 Å². The number of aryl methyl sites for hydroxylation is 1. The summed E-state index contributed by atoms with van der Waals surface area (Å²) in [7, 11) is 0. The fraction of sp³-hybridized carbons (Fsp3) is 0.190. The summed E-state index contributed by atoms with van der Waals surface area (Å²) in [6, 6.07) is 15.4. The molecule has 3 rings (SSSR count). The number of nitrogens with zero attached hydrogens (tertiary/aromatic N) is 2. The standard InChI is InChI=1S/C21H22N4O2/c1-3-27-19-9-7-18(8-10-19)25-20(26)17-13-23-21(24-14-17)22-12-16-6-4-5-15(2)11-16/h4-11,13-14H,3,12H2,1-2H3,(H,25,26)(H,22,23,24). The lowest BCUT2D eigenvalue weighted by Crippen LogP contribution is -2.13. The second-order valence-corrected chi connectivity index (χ2v) is 6.05. The van der Waals surface area contributed by atoms with Gasteiger partial charge < -0.3 is 15.4 Å². The molecule has 3 aromatic rings. The van der Waals surface area contributed by atoms with Crippen LogP contribution in [0.3, 0.4) is 0 Å². The Kier molecular flexibility index (Phi) is 5.99. The zero-order valence-electron chi connectivity index (χ0n) is 15.4. The highest BCUT2D eigenvalue weighted by Gasteiger charge is 2.08. The van der Waals surface area contributed by atoms with Crippen molar-refractivity contribution in [1.82, 2.24) is 9.97 Å². The summed E-state index contributed by atoms with van der Waals surface area (Å²) in [5, 5.41) is 5.97. The van der Waals surface area contributed by atoms with Crippen LogP contribution in [-0.2, 0) is 6.54 Å². The zero-order chi connectivity index (χ0) is 19.1. The van der Waals surface area contributed by atoms with E-state index in [2.05, 4.69) is 39.7 Å². The molecule has 0 saturated heterocycles. The molecule has 138 valence electrons. The van der Waals surface area contributed by atoms with Crippen LogP contribution in [0.4, 0.5) is 11.6 Å². The highest BCUT2D eigenvalue weighted by molar-refractivity contribution is 6.03. The Morgan fingerprint density at radius 3 is 2.48 bits per heavy atom. The Balaban J connectivity index is 1.56. The summed E-state index contributed by atoms with van der Waals surface area (Å²) in [5.41, 5.74) is 3.43. The van der Waals surface area contributed by atoms with Crippen LogP contribution in [-0.4, -0.2) is 22.5 Å². The smallest absolute Gasteiger partial charge is 0.258 e. The van der Waals surface area contributed by atoms with Crippen molar-refractivity contribution in [2.75, 3.05) is 17.2 Å². The Morgan fingerprint density at radius 2 is 1.81 bits per heavy atom. The molecule has 0 radical (unpaired) electrons. The van der Waals surface area contributed by atoms with E-state index in [-0.39, 0.29) is 5.91 Å². The van der Waals surface area contributed by atoms with E-state index < -0.39 is 0 Å². The third-order valence-electron chi connectivity index (χ3n) is 3.87. The molecule has 6 heteroatoms. The van der Waals surface area contributed by atoms with Crippen molar-refractivity contribution < 1.29 is 9.53 Å². The molecule has 2 aromatic carbocycles. The molecule has 0 spiro atoms. The van der Waals surface area contributed by atoms with Crippen LogP contribution in [0.5, 0.6) is 5.75 Å². The van der Waals surface area contributed by atoms with Crippen molar-refractivity contribution in [3.63, 3.8) is 0 Å². The number of rotatable bonds is 7. The SMILES string of the molecule is CCOc1ccc(NC(=O)c2cnc(NCc3cccc(C)c3)nc2)cc1. The first-order valence-electron chi connectivity index (χ1n) is 8.79. The van der Waals surface area contributed by atoms with Gasteiger partial charge in [0.15, 0.2) is 0 Å². The third-order valence-corrected chi connectivity index (χ3v) is 3.87. The number of carbonyl (C=O) groups excluding carboxylic acids is 1. The molecule has 0 aliphatic rings. The van der Waals surface area contributed by atoms with Gasteiger partial charge in [-0.15, -0.1) is 0 Å². The monoisotopic (exact) mass is 362 g/mol. The van der Waals surface area contributed by atoms with Gasteiger partial charge in [-0.1, -0.05) is 29.8 Å². The molecule has 0 aliphatic carbocycles. The second-order valence-electron chi connectivity index (χ2n) is 6.05. The molecule has 1 amide bonds. The molecular weight excluding hydrogens is 340 g/mol. The molecular formula is C21H22N4O2. The summed E-state index contributed by atoms with van der Waals surface area (Å²) in [6.45, 7) is 5.21. The maximum absolute atomic E-state index is 12.3. The summed E-state index contributed by atoms with van der Waals surface area (Å²) in [4.78, 5) is 20.7. The molecule has 6 nitrogen and oxygen atoms in total. The summed E-state index contributed by atoms with van der Waals surface area (Å²) in [6.07, 6.45) is 3.02. The second kappa shape index (κ2) is 8.80. The number of carbonyl (C=O) groups is 1. The Hall–Kier alpha value is -3.41. The predicted octanol–water partition coefficient (Wildman–Crippen LogP) is 4.05. The molecule has 0 bridgehead atoms. The van der Waals surface area contributed by atoms with Gasteiger partial charge in [-0.25, -0.2) is 9.97 Å². The first kappa shape index (κ1) is 18.4. The van der Waals surface area contributed by atoms with Crippen LogP contribution in [0, 0.1) is 6.92 Å². The maximum atomic E-state index is 12.3. The molecule has 1 heterocycles. The van der Waals surface area contributed by atoms with E-state index in [4.69, 9.17) is 4.74 Å². The molecule has 0 saturated carbocycles. The molecule has 0 fully saturated rings. The van der Waals surface area contributed by atoms with Gasteiger partial charge >= 0.3 is 0 Å². The molecule has 0 unspecified atom stereocenters. The normalized spacial score (nSPS) is 10.3. The van der Waals surface area contributed by atoms with Gasteiger partial charge in [-0.05, 0) is 43.7 Å². The topological polar surface area (TPSA) is 76.1 Å². The number of amides is 1. The summed E-state index contributed by atoms with van der Waals surface area (Å²) in [5.74, 6) is 0.987.